The second kappa shape index (κ2) is 8.63. The first-order chi connectivity index (χ1) is 13.1. The van der Waals surface area contributed by atoms with E-state index in [-0.39, 0.29) is 11.7 Å². The minimum Gasteiger partial charge on any atom is -0.362 e. The van der Waals surface area contributed by atoms with Gasteiger partial charge in [-0.3, -0.25) is 9.59 Å². The predicted molar refractivity (Wildman–Crippen MR) is 110 cm³/mol. The molecular weight excluding hydrogens is 336 g/mol. The molecule has 0 bridgehead atoms. The highest BCUT2D eigenvalue weighted by molar-refractivity contribution is 6.04. The van der Waals surface area contributed by atoms with Crippen LogP contribution in [0.25, 0.3) is 11.1 Å². The van der Waals surface area contributed by atoms with Gasteiger partial charge in [0.05, 0.1) is 0 Å². The highest BCUT2D eigenvalue weighted by Crippen LogP contribution is 2.19. The highest BCUT2D eigenvalue weighted by atomic mass is 16.1. The minimum absolute atomic E-state index is 0.0722. The number of rotatable bonds is 6. The van der Waals surface area contributed by atoms with Crippen molar-refractivity contribution in [2.45, 2.75) is 6.92 Å². The summed E-state index contributed by atoms with van der Waals surface area (Å²) in [6.07, 6.45) is 3.11. The van der Waals surface area contributed by atoms with Crippen molar-refractivity contribution in [3.8, 4) is 11.1 Å². The Morgan fingerprint density at radius 1 is 0.741 bits per heavy atom. The summed E-state index contributed by atoms with van der Waals surface area (Å²) in [5.41, 5.74) is 4.39. The highest BCUT2D eigenvalue weighted by Gasteiger charge is 2.03. The van der Waals surface area contributed by atoms with E-state index >= 15 is 0 Å². The van der Waals surface area contributed by atoms with E-state index in [2.05, 4.69) is 10.6 Å². The standard InChI is InChI=1S/C23H20N2O2/c1-17(26)25-22-13-11-21(12-14-22)24-16-15-23(27)20-9-7-19(8-10-20)18-5-3-2-4-6-18/h2-16,24H,1H3,(H,25,26)/b16-15+. The van der Waals surface area contributed by atoms with Crippen LogP contribution in [0.1, 0.15) is 17.3 Å². The van der Waals surface area contributed by atoms with Crippen molar-refractivity contribution in [3.63, 3.8) is 0 Å². The molecule has 3 rings (SSSR count). The second-order valence-corrected chi connectivity index (χ2v) is 6.04. The van der Waals surface area contributed by atoms with Gasteiger partial charge in [-0.2, -0.15) is 0 Å². The molecule has 0 aliphatic carbocycles. The molecule has 4 nitrogen and oxygen atoms in total. The number of anilines is 2. The molecule has 3 aromatic carbocycles. The van der Waals surface area contributed by atoms with Crippen LogP contribution in [0.5, 0.6) is 0 Å². The molecule has 0 radical (unpaired) electrons. The van der Waals surface area contributed by atoms with E-state index in [0.29, 0.717) is 5.56 Å². The quantitative estimate of drug-likeness (QED) is 0.476. The van der Waals surface area contributed by atoms with Crippen LogP contribution >= 0.6 is 0 Å². The van der Waals surface area contributed by atoms with Gasteiger partial charge in [-0.05, 0) is 35.4 Å². The third kappa shape index (κ3) is 5.16. The van der Waals surface area contributed by atoms with Gasteiger partial charge in [-0.1, -0.05) is 54.6 Å². The maximum atomic E-state index is 12.3. The zero-order valence-electron chi connectivity index (χ0n) is 15.0. The van der Waals surface area contributed by atoms with Gasteiger partial charge >= 0.3 is 0 Å². The Morgan fingerprint density at radius 2 is 1.33 bits per heavy atom. The summed E-state index contributed by atoms with van der Waals surface area (Å²) < 4.78 is 0. The van der Waals surface area contributed by atoms with Crippen molar-refractivity contribution in [2.75, 3.05) is 10.6 Å². The zero-order valence-corrected chi connectivity index (χ0v) is 15.0. The predicted octanol–water partition coefficient (Wildman–Crippen LogP) is 5.12. The van der Waals surface area contributed by atoms with Crippen LogP contribution in [0.2, 0.25) is 0 Å². The molecule has 0 aromatic heterocycles. The fourth-order valence-corrected chi connectivity index (χ4v) is 2.62. The summed E-state index contributed by atoms with van der Waals surface area (Å²) in [5, 5.41) is 5.75. The minimum atomic E-state index is -0.112. The van der Waals surface area contributed by atoms with Crippen molar-refractivity contribution in [3.05, 3.63) is 96.7 Å². The molecule has 3 aromatic rings. The van der Waals surface area contributed by atoms with Crippen molar-refractivity contribution in [1.29, 1.82) is 0 Å². The number of amides is 1. The molecule has 0 saturated heterocycles. The molecule has 0 aliphatic heterocycles. The van der Waals surface area contributed by atoms with Crippen molar-refractivity contribution in [2.24, 2.45) is 0 Å². The van der Waals surface area contributed by atoms with Crippen LogP contribution in [0, 0.1) is 0 Å². The monoisotopic (exact) mass is 356 g/mol. The van der Waals surface area contributed by atoms with Crippen molar-refractivity contribution >= 4 is 23.1 Å². The Labute approximate surface area is 158 Å². The van der Waals surface area contributed by atoms with Crippen LogP contribution in [-0.4, -0.2) is 11.7 Å². The Balaban J connectivity index is 1.59. The molecule has 4 heteroatoms. The first-order valence-electron chi connectivity index (χ1n) is 8.62. The Bertz CT molecular complexity index is 944. The molecule has 27 heavy (non-hydrogen) atoms. The Hall–Kier alpha value is -3.66. The molecule has 0 unspecified atom stereocenters. The molecule has 0 saturated carbocycles. The number of nitrogens with one attached hydrogen (secondary N) is 2. The van der Waals surface area contributed by atoms with Gasteiger partial charge in [0, 0.05) is 36.1 Å². The maximum Gasteiger partial charge on any atom is 0.221 e. The van der Waals surface area contributed by atoms with Gasteiger partial charge in [0.2, 0.25) is 5.91 Å². The lowest BCUT2D eigenvalue weighted by Gasteiger charge is -2.04. The largest absolute Gasteiger partial charge is 0.362 e. The van der Waals surface area contributed by atoms with E-state index < -0.39 is 0 Å². The number of hydrogen-bond donors (Lipinski definition) is 2. The summed E-state index contributed by atoms with van der Waals surface area (Å²) in [4.78, 5) is 23.3. The Kier molecular flexibility index (Phi) is 5.80. The van der Waals surface area contributed by atoms with E-state index in [1.807, 2.05) is 66.7 Å². The maximum absolute atomic E-state index is 12.3. The number of hydrogen-bond acceptors (Lipinski definition) is 3. The molecule has 0 fully saturated rings. The molecule has 1 amide bonds. The van der Waals surface area contributed by atoms with Crippen molar-refractivity contribution < 1.29 is 9.59 Å². The Morgan fingerprint density at radius 3 is 1.96 bits per heavy atom. The van der Waals surface area contributed by atoms with Gasteiger partial charge in [0.25, 0.3) is 0 Å². The molecule has 0 heterocycles. The summed E-state index contributed by atoms with van der Waals surface area (Å²) in [7, 11) is 0. The van der Waals surface area contributed by atoms with Crippen LogP contribution in [-0.2, 0) is 4.79 Å². The van der Waals surface area contributed by atoms with Gasteiger partial charge in [-0.25, -0.2) is 0 Å². The van der Waals surface area contributed by atoms with Gasteiger partial charge in [-0.15, -0.1) is 0 Å². The molecule has 2 N–H and O–H groups in total. The number of ketones is 1. The fourth-order valence-electron chi connectivity index (χ4n) is 2.62. The summed E-state index contributed by atoms with van der Waals surface area (Å²) in [6, 6.07) is 24.8. The van der Waals surface area contributed by atoms with E-state index in [0.717, 1.165) is 22.5 Å². The first-order valence-corrected chi connectivity index (χ1v) is 8.62. The summed E-state index contributed by atoms with van der Waals surface area (Å²) in [5.74, 6) is -0.184. The van der Waals surface area contributed by atoms with E-state index in [1.54, 1.807) is 18.3 Å². The SMILES string of the molecule is CC(=O)Nc1ccc(N/C=C/C(=O)c2ccc(-c3ccccc3)cc2)cc1. The summed E-state index contributed by atoms with van der Waals surface area (Å²) in [6.45, 7) is 1.47. The van der Waals surface area contributed by atoms with Crippen LogP contribution in [0.4, 0.5) is 11.4 Å². The van der Waals surface area contributed by atoms with E-state index in [9.17, 15) is 9.59 Å². The normalized spacial score (nSPS) is 10.6. The third-order valence-corrected chi connectivity index (χ3v) is 3.97. The lowest BCUT2D eigenvalue weighted by Crippen LogP contribution is -2.05. The molecule has 0 aliphatic rings. The number of allylic oxidation sites excluding steroid dienone is 1. The topological polar surface area (TPSA) is 58.2 Å². The zero-order chi connectivity index (χ0) is 19.1. The fraction of sp³-hybridized carbons (Fsp3) is 0.0435. The van der Waals surface area contributed by atoms with Gasteiger partial charge < -0.3 is 10.6 Å². The summed E-state index contributed by atoms with van der Waals surface area (Å²) >= 11 is 0. The van der Waals surface area contributed by atoms with E-state index in [4.69, 9.17) is 0 Å². The van der Waals surface area contributed by atoms with E-state index in [1.165, 1.54) is 13.0 Å². The number of benzene rings is 3. The molecule has 134 valence electrons. The lowest BCUT2D eigenvalue weighted by molar-refractivity contribution is -0.114. The molecular formula is C23H20N2O2. The smallest absolute Gasteiger partial charge is 0.221 e. The second-order valence-electron chi connectivity index (χ2n) is 6.04. The molecule has 0 atom stereocenters. The first kappa shape index (κ1) is 18.1. The lowest BCUT2D eigenvalue weighted by atomic mass is 10.0. The average Bonchev–Trinajstić information content (AvgIpc) is 2.69. The number of carbonyl (C=O) groups is 2. The van der Waals surface area contributed by atoms with Crippen LogP contribution in [0.15, 0.2) is 91.1 Å². The average molecular weight is 356 g/mol. The number of carbonyl (C=O) groups excluding carboxylic acids is 2. The van der Waals surface area contributed by atoms with Gasteiger partial charge in [0.1, 0.15) is 0 Å². The van der Waals surface area contributed by atoms with Gasteiger partial charge in [0.15, 0.2) is 5.78 Å². The van der Waals surface area contributed by atoms with Crippen LogP contribution in [0.3, 0.4) is 0 Å². The molecule has 0 spiro atoms. The van der Waals surface area contributed by atoms with Crippen LogP contribution < -0.4 is 10.6 Å². The van der Waals surface area contributed by atoms with Crippen molar-refractivity contribution in [1.82, 2.24) is 0 Å². The third-order valence-electron chi connectivity index (χ3n) is 3.97.